The normalized spacial score (nSPS) is 9.67. The standard InChI is InChI=1S/C8H7FN2O4/c9-4-1-5(8(13)14)7(11-2-4)15-3-6(10)12/h1-2H,3H2,(H2,10,12)(H,13,14). The summed E-state index contributed by atoms with van der Waals surface area (Å²) in [7, 11) is 0. The third-order valence-electron chi connectivity index (χ3n) is 1.40. The molecule has 0 spiro atoms. The number of hydrogen-bond donors (Lipinski definition) is 2. The molecule has 0 aliphatic heterocycles. The molecule has 80 valence electrons. The topological polar surface area (TPSA) is 103 Å². The van der Waals surface area contributed by atoms with Gasteiger partial charge in [-0.25, -0.2) is 14.2 Å². The Kier molecular flexibility index (Phi) is 3.17. The highest BCUT2D eigenvalue weighted by Crippen LogP contribution is 2.15. The molecule has 0 atom stereocenters. The average molecular weight is 214 g/mol. The number of aromatic nitrogens is 1. The lowest BCUT2D eigenvalue weighted by atomic mass is 10.3. The number of pyridine rings is 1. The van der Waals surface area contributed by atoms with Crippen molar-refractivity contribution in [2.24, 2.45) is 5.73 Å². The fourth-order valence-corrected chi connectivity index (χ4v) is 0.834. The van der Waals surface area contributed by atoms with Crippen LogP contribution in [0.3, 0.4) is 0 Å². The van der Waals surface area contributed by atoms with Crippen molar-refractivity contribution >= 4 is 11.9 Å². The fraction of sp³-hybridized carbons (Fsp3) is 0.125. The fourth-order valence-electron chi connectivity index (χ4n) is 0.834. The molecule has 15 heavy (non-hydrogen) atoms. The molecule has 0 radical (unpaired) electrons. The van der Waals surface area contributed by atoms with E-state index in [4.69, 9.17) is 10.8 Å². The SMILES string of the molecule is NC(=O)COc1ncc(F)cc1C(=O)O. The van der Waals surface area contributed by atoms with Crippen LogP contribution >= 0.6 is 0 Å². The summed E-state index contributed by atoms with van der Waals surface area (Å²) in [4.78, 5) is 24.4. The van der Waals surface area contributed by atoms with Crippen LogP contribution in [0.4, 0.5) is 4.39 Å². The molecule has 0 saturated carbocycles. The number of nitrogens with two attached hydrogens (primary N) is 1. The maximum absolute atomic E-state index is 12.6. The summed E-state index contributed by atoms with van der Waals surface area (Å²) >= 11 is 0. The van der Waals surface area contributed by atoms with Gasteiger partial charge in [-0.05, 0) is 6.07 Å². The van der Waals surface area contributed by atoms with Crippen LogP contribution in [0.25, 0.3) is 0 Å². The number of nitrogens with zero attached hydrogens (tertiary/aromatic N) is 1. The maximum atomic E-state index is 12.6. The largest absolute Gasteiger partial charge is 0.477 e. The van der Waals surface area contributed by atoms with Crippen molar-refractivity contribution in [3.05, 3.63) is 23.6 Å². The minimum Gasteiger partial charge on any atom is -0.477 e. The van der Waals surface area contributed by atoms with E-state index in [9.17, 15) is 14.0 Å². The molecule has 0 aromatic carbocycles. The number of ether oxygens (including phenoxy) is 1. The van der Waals surface area contributed by atoms with Gasteiger partial charge in [0.15, 0.2) is 6.61 Å². The Morgan fingerprint density at radius 3 is 2.80 bits per heavy atom. The van der Waals surface area contributed by atoms with Crippen molar-refractivity contribution in [1.29, 1.82) is 0 Å². The quantitative estimate of drug-likeness (QED) is 0.721. The van der Waals surface area contributed by atoms with E-state index in [0.717, 1.165) is 12.3 Å². The first-order valence-electron chi connectivity index (χ1n) is 3.80. The zero-order chi connectivity index (χ0) is 11.4. The predicted octanol–water partition coefficient (Wildman–Crippen LogP) is -0.217. The minimum atomic E-state index is -1.40. The molecule has 1 heterocycles. The van der Waals surface area contributed by atoms with Crippen molar-refractivity contribution in [1.82, 2.24) is 4.98 Å². The third kappa shape index (κ3) is 2.90. The summed E-state index contributed by atoms with van der Waals surface area (Å²) in [6, 6.07) is 0.742. The number of hydrogen-bond acceptors (Lipinski definition) is 4. The highest BCUT2D eigenvalue weighted by atomic mass is 19.1. The zero-order valence-corrected chi connectivity index (χ0v) is 7.44. The molecule has 1 rings (SSSR count). The minimum absolute atomic E-state index is 0.345. The molecular weight excluding hydrogens is 207 g/mol. The Hall–Kier alpha value is -2.18. The Bertz CT molecular complexity index is 408. The molecule has 0 fully saturated rings. The zero-order valence-electron chi connectivity index (χ0n) is 7.44. The number of primary amides is 1. The summed E-state index contributed by atoms with van der Waals surface area (Å²) in [6.45, 7) is -0.515. The van der Waals surface area contributed by atoms with E-state index in [1.807, 2.05) is 0 Å². The summed E-state index contributed by atoms with van der Waals surface area (Å²) in [5.74, 6) is -3.33. The lowest BCUT2D eigenvalue weighted by Gasteiger charge is -2.05. The first-order valence-corrected chi connectivity index (χ1v) is 3.80. The van der Waals surface area contributed by atoms with Gasteiger partial charge in [-0.15, -0.1) is 0 Å². The molecule has 1 aromatic rings. The monoisotopic (exact) mass is 214 g/mol. The van der Waals surface area contributed by atoms with Crippen LogP contribution in [-0.2, 0) is 4.79 Å². The van der Waals surface area contributed by atoms with Gasteiger partial charge < -0.3 is 15.6 Å². The van der Waals surface area contributed by atoms with Gasteiger partial charge in [-0.3, -0.25) is 4.79 Å². The van der Waals surface area contributed by atoms with Gasteiger partial charge >= 0.3 is 5.97 Å². The van der Waals surface area contributed by atoms with Gasteiger partial charge in [-0.1, -0.05) is 0 Å². The predicted molar refractivity (Wildman–Crippen MR) is 45.8 cm³/mol. The highest BCUT2D eigenvalue weighted by Gasteiger charge is 2.14. The van der Waals surface area contributed by atoms with Crippen molar-refractivity contribution in [3.63, 3.8) is 0 Å². The van der Waals surface area contributed by atoms with Gasteiger partial charge in [0.2, 0.25) is 5.88 Å². The second kappa shape index (κ2) is 4.36. The highest BCUT2D eigenvalue weighted by molar-refractivity contribution is 5.90. The van der Waals surface area contributed by atoms with E-state index in [2.05, 4.69) is 9.72 Å². The van der Waals surface area contributed by atoms with Gasteiger partial charge in [0.25, 0.3) is 5.91 Å². The first kappa shape index (κ1) is 10.9. The number of rotatable bonds is 4. The molecule has 1 aromatic heterocycles. The Morgan fingerprint density at radius 1 is 1.60 bits per heavy atom. The summed E-state index contributed by atoms with van der Waals surface area (Å²) in [5.41, 5.74) is 4.32. The van der Waals surface area contributed by atoms with Crippen LogP contribution in [0.15, 0.2) is 12.3 Å². The summed E-state index contributed by atoms with van der Waals surface area (Å²) < 4.78 is 17.3. The van der Waals surface area contributed by atoms with Crippen LogP contribution < -0.4 is 10.5 Å². The molecule has 0 aliphatic carbocycles. The van der Waals surface area contributed by atoms with Crippen molar-refractivity contribution in [3.8, 4) is 5.88 Å². The molecule has 0 bridgehead atoms. The number of carbonyl (C=O) groups excluding carboxylic acids is 1. The second-order valence-electron chi connectivity index (χ2n) is 2.57. The third-order valence-corrected chi connectivity index (χ3v) is 1.40. The second-order valence-corrected chi connectivity index (χ2v) is 2.57. The van der Waals surface area contributed by atoms with Crippen LogP contribution in [0.1, 0.15) is 10.4 Å². The maximum Gasteiger partial charge on any atom is 0.341 e. The summed E-state index contributed by atoms with van der Waals surface area (Å²) in [6.07, 6.45) is 0.781. The number of carboxylic acid groups (broad SMARTS) is 1. The molecular formula is C8H7FN2O4. The van der Waals surface area contributed by atoms with Crippen LogP contribution in [-0.4, -0.2) is 28.6 Å². The molecule has 0 aliphatic rings. The molecule has 1 amide bonds. The number of carboxylic acids is 1. The summed E-state index contributed by atoms with van der Waals surface area (Å²) in [5, 5.41) is 8.65. The number of halogens is 1. The van der Waals surface area contributed by atoms with Gasteiger partial charge in [0.1, 0.15) is 11.4 Å². The first-order chi connectivity index (χ1) is 7.00. The lowest BCUT2D eigenvalue weighted by Crippen LogP contribution is -2.21. The smallest absolute Gasteiger partial charge is 0.341 e. The van der Waals surface area contributed by atoms with E-state index in [-0.39, 0.29) is 5.88 Å². The molecule has 7 heteroatoms. The number of amides is 1. The molecule has 6 nitrogen and oxygen atoms in total. The van der Waals surface area contributed by atoms with Crippen molar-refractivity contribution < 1.29 is 23.8 Å². The van der Waals surface area contributed by atoms with E-state index < -0.39 is 29.9 Å². The van der Waals surface area contributed by atoms with Crippen molar-refractivity contribution in [2.45, 2.75) is 0 Å². The average Bonchev–Trinajstić information content (AvgIpc) is 2.15. The number of carbonyl (C=O) groups is 2. The Balaban J connectivity index is 2.95. The lowest BCUT2D eigenvalue weighted by molar-refractivity contribution is -0.120. The van der Waals surface area contributed by atoms with E-state index in [1.165, 1.54) is 0 Å². The molecule has 3 N–H and O–H groups in total. The van der Waals surface area contributed by atoms with E-state index >= 15 is 0 Å². The van der Waals surface area contributed by atoms with Crippen molar-refractivity contribution in [2.75, 3.05) is 6.61 Å². The van der Waals surface area contributed by atoms with Crippen LogP contribution in [0.5, 0.6) is 5.88 Å². The van der Waals surface area contributed by atoms with Crippen LogP contribution in [0.2, 0.25) is 0 Å². The van der Waals surface area contributed by atoms with Crippen LogP contribution in [0, 0.1) is 5.82 Å². The van der Waals surface area contributed by atoms with Gasteiger partial charge in [-0.2, -0.15) is 0 Å². The van der Waals surface area contributed by atoms with E-state index in [1.54, 1.807) is 0 Å². The Labute approximate surface area is 83.5 Å². The Morgan fingerprint density at radius 2 is 2.27 bits per heavy atom. The molecule has 0 saturated heterocycles. The van der Waals surface area contributed by atoms with E-state index in [0.29, 0.717) is 0 Å². The van der Waals surface area contributed by atoms with Gasteiger partial charge in [0, 0.05) is 0 Å². The molecule has 0 unspecified atom stereocenters. The van der Waals surface area contributed by atoms with Gasteiger partial charge in [0.05, 0.1) is 6.20 Å². The number of aromatic carboxylic acids is 1.